The summed E-state index contributed by atoms with van der Waals surface area (Å²) in [5.74, 6) is 1.74. The Hall–Kier alpha value is -2.53. The molecule has 0 saturated carbocycles. The van der Waals surface area contributed by atoms with E-state index >= 15 is 0 Å². The molecule has 0 aliphatic carbocycles. The average Bonchev–Trinajstić information content (AvgIpc) is 3.22. The van der Waals surface area contributed by atoms with Crippen LogP contribution in [0.25, 0.3) is 10.2 Å². The third-order valence-corrected chi connectivity index (χ3v) is 7.55. The van der Waals surface area contributed by atoms with Crippen LogP contribution < -0.4 is 10.2 Å². The number of thioether (sulfide) groups is 1. The number of nitrogens with one attached hydrogen (secondary N) is 2. The molecule has 2 aromatic carbocycles. The zero-order chi connectivity index (χ0) is 24.5. The number of aromatic amines is 1. The Labute approximate surface area is 206 Å². The Morgan fingerprint density at radius 1 is 1.21 bits per heavy atom. The molecule has 34 heavy (non-hydrogen) atoms. The molecule has 0 aliphatic rings. The van der Waals surface area contributed by atoms with E-state index in [1.54, 1.807) is 17.8 Å². The molecule has 2 atom stereocenters. The first-order valence-electron chi connectivity index (χ1n) is 11.2. The fourth-order valence-corrected chi connectivity index (χ4v) is 5.53. The molecule has 3 rings (SSSR count). The van der Waals surface area contributed by atoms with Gasteiger partial charge < -0.3 is 30.5 Å². The molecule has 0 unspecified atom stereocenters. The molecule has 10 heteroatoms. The second kappa shape index (κ2) is 12.8. The van der Waals surface area contributed by atoms with Gasteiger partial charge in [-0.2, -0.15) is 11.8 Å². The van der Waals surface area contributed by atoms with Crippen molar-refractivity contribution in [2.75, 3.05) is 37.7 Å². The number of rotatable bonds is 13. The molecule has 3 aromatic rings. The highest BCUT2D eigenvalue weighted by molar-refractivity contribution is 7.99. The Balaban J connectivity index is 1.33. The summed E-state index contributed by atoms with van der Waals surface area (Å²) >= 11 is 2.68. The molecule has 0 saturated heterocycles. The molecule has 5 N–H and O–H groups in total. The summed E-state index contributed by atoms with van der Waals surface area (Å²) in [7, 11) is 0. The first-order chi connectivity index (χ1) is 16.4. The minimum atomic E-state index is -0.894. The van der Waals surface area contributed by atoms with Crippen LogP contribution in [0.5, 0.6) is 5.75 Å². The Morgan fingerprint density at radius 3 is 2.71 bits per heavy atom. The smallest absolute Gasteiger partial charge is 0.407 e. The Kier molecular flexibility index (Phi) is 9.82. The molecule has 8 nitrogen and oxygen atoms in total. The normalized spacial score (nSPS) is 13.1. The van der Waals surface area contributed by atoms with Crippen LogP contribution >= 0.6 is 23.1 Å². The molecule has 1 aromatic heterocycles. The molecule has 184 valence electrons. The number of amides is 1. The van der Waals surface area contributed by atoms with Gasteiger partial charge in [0.05, 0.1) is 10.8 Å². The van der Waals surface area contributed by atoms with Crippen molar-refractivity contribution in [3.63, 3.8) is 0 Å². The summed E-state index contributed by atoms with van der Waals surface area (Å²) < 4.78 is 0.569. The number of fused-ring (bicyclic) bond motifs is 1. The topological polar surface area (TPSA) is 126 Å². The number of aromatic nitrogens is 1. The number of aliphatic hydroxyl groups excluding tert-OH is 1. The van der Waals surface area contributed by atoms with Crippen molar-refractivity contribution in [2.45, 2.75) is 25.4 Å². The maximum atomic E-state index is 11.6. The Morgan fingerprint density at radius 2 is 1.97 bits per heavy atom. The van der Waals surface area contributed by atoms with E-state index in [4.69, 9.17) is 0 Å². The van der Waals surface area contributed by atoms with E-state index in [0.717, 1.165) is 34.8 Å². The van der Waals surface area contributed by atoms with Crippen molar-refractivity contribution in [1.29, 1.82) is 0 Å². The molecular formula is C24H31N3O5S2. The first-order valence-corrected chi connectivity index (χ1v) is 13.2. The van der Waals surface area contributed by atoms with E-state index in [9.17, 15) is 24.9 Å². The van der Waals surface area contributed by atoms with Crippen LogP contribution in [0.4, 0.5) is 4.79 Å². The number of hydrogen-bond acceptors (Lipinski definition) is 7. The number of carbonyl (C=O) groups is 1. The number of hydrogen-bond donors (Lipinski definition) is 5. The number of nitrogens with zero attached hydrogens (tertiary/aromatic N) is 1. The summed E-state index contributed by atoms with van der Waals surface area (Å²) in [5.41, 5.74) is 2.10. The molecule has 0 fully saturated rings. The van der Waals surface area contributed by atoms with Gasteiger partial charge in [-0.3, -0.25) is 4.79 Å². The van der Waals surface area contributed by atoms with Crippen molar-refractivity contribution < 1.29 is 20.1 Å². The monoisotopic (exact) mass is 505 g/mol. The van der Waals surface area contributed by atoms with E-state index in [1.165, 1.54) is 11.0 Å². The van der Waals surface area contributed by atoms with Gasteiger partial charge in [0.25, 0.3) is 0 Å². The number of H-pyrrole nitrogens is 1. The van der Waals surface area contributed by atoms with Gasteiger partial charge in [0.2, 0.25) is 0 Å². The highest BCUT2D eigenvalue weighted by atomic mass is 32.2. The average molecular weight is 506 g/mol. The summed E-state index contributed by atoms with van der Waals surface area (Å²) in [4.78, 5) is 27.0. The Bertz CT molecular complexity index is 1120. The van der Waals surface area contributed by atoms with Gasteiger partial charge in [-0.15, -0.1) is 0 Å². The number of aromatic hydroxyl groups is 1. The highest BCUT2D eigenvalue weighted by Crippen LogP contribution is 2.31. The third kappa shape index (κ3) is 7.23. The fraction of sp³-hybridized carbons (Fsp3) is 0.417. The quantitative estimate of drug-likeness (QED) is 0.224. The summed E-state index contributed by atoms with van der Waals surface area (Å²) in [6, 6.07) is 13.0. The molecular weight excluding hydrogens is 474 g/mol. The van der Waals surface area contributed by atoms with Crippen LogP contribution in [0.3, 0.4) is 0 Å². The van der Waals surface area contributed by atoms with Crippen LogP contribution in [0.2, 0.25) is 0 Å². The molecule has 0 radical (unpaired) electrons. The minimum absolute atomic E-state index is 0.00901. The van der Waals surface area contributed by atoms with Gasteiger partial charge in [-0.25, -0.2) is 4.79 Å². The number of benzene rings is 2. The fourth-order valence-electron chi connectivity index (χ4n) is 3.71. The lowest BCUT2D eigenvalue weighted by Gasteiger charge is -2.23. The molecule has 0 aliphatic heterocycles. The summed E-state index contributed by atoms with van der Waals surface area (Å²) in [6.45, 7) is 4.04. The molecule has 0 bridgehead atoms. The van der Waals surface area contributed by atoms with Gasteiger partial charge in [0.1, 0.15) is 11.3 Å². The van der Waals surface area contributed by atoms with Crippen LogP contribution in [0.1, 0.15) is 36.5 Å². The zero-order valence-corrected chi connectivity index (χ0v) is 20.7. The lowest BCUT2D eigenvalue weighted by Crippen LogP contribution is -2.34. The molecule has 0 spiro atoms. The maximum Gasteiger partial charge on any atom is 0.407 e. The second-order valence-corrected chi connectivity index (χ2v) is 10.3. The van der Waals surface area contributed by atoms with E-state index in [2.05, 4.69) is 10.3 Å². The zero-order valence-electron chi connectivity index (χ0n) is 19.1. The van der Waals surface area contributed by atoms with Crippen LogP contribution in [0, 0.1) is 0 Å². The lowest BCUT2D eigenvalue weighted by molar-refractivity contribution is 0.146. The van der Waals surface area contributed by atoms with Crippen molar-refractivity contribution in [3.8, 4) is 5.75 Å². The van der Waals surface area contributed by atoms with E-state index < -0.39 is 12.2 Å². The largest absolute Gasteiger partial charge is 0.506 e. The number of phenols is 1. The summed E-state index contributed by atoms with van der Waals surface area (Å²) in [6.07, 6.45) is -0.805. The summed E-state index contributed by atoms with van der Waals surface area (Å²) in [5, 5.41) is 33.1. The van der Waals surface area contributed by atoms with Gasteiger partial charge in [-0.05, 0) is 36.3 Å². The standard InChI is InChI=1S/C24H31N3O5S2/c1-16(17-6-3-2-4-7-17)15-27(24(31)32)11-13-33-12-5-10-25-14-20(29)18-8-9-19(28)21-22(18)34-23(30)26-21/h2-4,6-9,16,20,25,28-29H,5,10-15H2,1H3,(H,26,30)(H,31,32)/t16-,20+/m1/s1. The maximum absolute atomic E-state index is 11.6. The van der Waals surface area contributed by atoms with E-state index in [0.29, 0.717) is 42.0 Å². The van der Waals surface area contributed by atoms with Gasteiger partial charge in [0, 0.05) is 31.0 Å². The van der Waals surface area contributed by atoms with Crippen molar-refractivity contribution in [3.05, 3.63) is 63.3 Å². The number of carboxylic acid groups (broad SMARTS) is 1. The number of thiazole rings is 1. The van der Waals surface area contributed by atoms with E-state index in [1.807, 2.05) is 37.3 Å². The van der Waals surface area contributed by atoms with Gasteiger partial charge in [-0.1, -0.05) is 54.7 Å². The van der Waals surface area contributed by atoms with Crippen LogP contribution in [-0.2, 0) is 0 Å². The van der Waals surface area contributed by atoms with Gasteiger partial charge in [0.15, 0.2) is 0 Å². The minimum Gasteiger partial charge on any atom is -0.506 e. The SMILES string of the molecule is C[C@H](CN(CCSCCCNC[C@H](O)c1ccc(O)c2[nH]c(=O)sc12)C(=O)O)c1ccccc1. The van der Waals surface area contributed by atoms with Crippen molar-refractivity contribution in [1.82, 2.24) is 15.2 Å². The predicted molar refractivity (Wildman–Crippen MR) is 138 cm³/mol. The molecule has 1 heterocycles. The molecule has 1 amide bonds. The third-order valence-electron chi connectivity index (χ3n) is 5.57. The second-order valence-electron chi connectivity index (χ2n) is 8.12. The van der Waals surface area contributed by atoms with Gasteiger partial charge >= 0.3 is 11.0 Å². The number of phenolic OH excluding ortho intramolecular Hbond substituents is 1. The van der Waals surface area contributed by atoms with Crippen LogP contribution in [-0.4, -0.2) is 69.0 Å². The first kappa shape index (κ1) is 26.1. The number of aliphatic hydroxyl groups is 1. The van der Waals surface area contributed by atoms with Crippen LogP contribution in [0.15, 0.2) is 47.3 Å². The predicted octanol–water partition coefficient (Wildman–Crippen LogP) is 3.83. The lowest BCUT2D eigenvalue weighted by atomic mass is 10.0. The van der Waals surface area contributed by atoms with Crippen molar-refractivity contribution >= 4 is 39.4 Å². The van der Waals surface area contributed by atoms with E-state index in [-0.39, 0.29) is 16.5 Å². The van der Waals surface area contributed by atoms with Crippen molar-refractivity contribution in [2.24, 2.45) is 0 Å². The highest BCUT2D eigenvalue weighted by Gasteiger charge is 2.17.